The van der Waals surface area contributed by atoms with E-state index in [1.165, 1.54) is 0 Å². The van der Waals surface area contributed by atoms with Gasteiger partial charge in [-0.05, 0) is 31.7 Å². The Morgan fingerprint density at radius 3 is 2.95 bits per heavy atom. The standard InChI is InChI=1S/C15H19ClN2OS/c1-3-17-13(8-15-18-11(2)10-20-15)9-19-14-6-4-5-12(16)7-14/h4-7,10,13,17H,3,8-9H2,1-2H3. The van der Waals surface area contributed by atoms with Crippen molar-refractivity contribution in [2.24, 2.45) is 0 Å². The lowest BCUT2D eigenvalue weighted by Crippen LogP contribution is -2.36. The van der Waals surface area contributed by atoms with Crippen LogP contribution < -0.4 is 10.1 Å². The molecule has 2 rings (SSSR count). The molecule has 108 valence electrons. The number of thiazole rings is 1. The smallest absolute Gasteiger partial charge is 0.120 e. The number of aryl methyl sites for hydroxylation is 1. The highest BCUT2D eigenvalue weighted by Crippen LogP contribution is 2.18. The molecule has 2 aromatic rings. The van der Waals surface area contributed by atoms with Gasteiger partial charge in [0.25, 0.3) is 0 Å². The molecule has 1 atom stereocenters. The molecule has 1 N–H and O–H groups in total. The Labute approximate surface area is 129 Å². The number of halogens is 1. The predicted octanol–water partition coefficient (Wildman–Crippen LogP) is 3.70. The lowest BCUT2D eigenvalue weighted by molar-refractivity contribution is 0.264. The monoisotopic (exact) mass is 310 g/mol. The van der Waals surface area contributed by atoms with Crippen LogP contribution in [0.4, 0.5) is 0 Å². The molecule has 0 radical (unpaired) electrons. The van der Waals surface area contributed by atoms with Gasteiger partial charge in [-0.1, -0.05) is 24.6 Å². The molecular formula is C15H19ClN2OS. The van der Waals surface area contributed by atoms with Gasteiger partial charge in [-0.2, -0.15) is 0 Å². The van der Waals surface area contributed by atoms with E-state index in [-0.39, 0.29) is 6.04 Å². The van der Waals surface area contributed by atoms with Crippen molar-refractivity contribution in [2.45, 2.75) is 26.3 Å². The maximum Gasteiger partial charge on any atom is 0.120 e. The average molecular weight is 311 g/mol. The molecule has 20 heavy (non-hydrogen) atoms. The molecule has 1 unspecified atom stereocenters. The summed E-state index contributed by atoms with van der Waals surface area (Å²) in [5, 5.41) is 7.35. The Hall–Kier alpha value is -1.10. The quantitative estimate of drug-likeness (QED) is 0.846. The van der Waals surface area contributed by atoms with Crippen molar-refractivity contribution < 1.29 is 4.74 Å². The Morgan fingerprint density at radius 2 is 2.30 bits per heavy atom. The molecule has 0 bridgehead atoms. The number of hydrogen-bond acceptors (Lipinski definition) is 4. The van der Waals surface area contributed by atoms with E-state index in [1.54, 1.807) is 11.3 Å². The third-order valence-electron chi connectivity index (χ3n) is 2.83. The van der Waals surface area contributed by atoms with E-state index >= 15 is 0 Å². The maximum absolute atomic E-state index is 5.95. The normalized spacial score (nSPS) is 12.3. The molecule has 5 heteroatoms. The molecular weight excluding hydrogens is 292 g/mol. The van der Waals surface area contributed by atoms with Crippen LogP contribution in [-0.2, 0) is 6.42 Å². The number of nitrogens with zero attached hydrogens (tertiary/aromatic N) is 1. The van der Waals surface area contributed by atoms with E-state index in [4.69, 9.17) is 16.3 Å². The number of aromatic nitrogens is 1. The van der Waals surface area contributed by atoms with Crippen LogP contribution in [0.15, 0.2) is 29.6 Å². The van der Waals surface area contributed by atoms with Gasteiger partial charge in [0.05, 0.1) is 5.01 Å². The van der Waals surface area contributed by atoms with E-state index in [9.17, 15) is 0 Å². The fourth-order valence-corrected chi connectivity index (χ4v) is 2.97. The molecule has 0 spiro atoms. The number of hydrogen-bond donors (Lipinski definition) is 1. The number of rotatable bonds is 7. The van der Waals surface area contributed by atoms with Gasteiger partial charge in [0.15, 0.2) is 0 Å². The van der Waals surface area contributed by atoms with Gasteiger partial charge < -0.3 is 10.1 Å². The van der Waals surface area contributed by atoms with Gasteiger partial charge in [0.1, 0.15) is 12.4 Å². The average Bonchev–Trinajstić information content (AvgIpc) is 2.82. The Morgan fingerprint density at radius 1 is 1.45 bits per heavy atom. The number of benzene rings is 1. The van der Waals surface area contributed by atoms with Crippen molar-refractivity contribution >= 4 is 22.9 Å². The molecule has 0 amide bonds. The van der Waals surface area contributed by atoms with Crippen LogP contribution in [0.2, 0.25) is 5.02 Å². The van der Waals surface area contributed by atoms with Crippen LogP contribution in [-0.4, -0.2) is 24.2 Å². The molecule has 0 saturated heterocycles. The highest BCUT2D eigenvalue weighted by Gasteiger charge is 2.12. The third kappa shape index (κ3) is 4.78. The summed E-state index contributed by atoms with van der Waals surface area (Å²) in [6.45, 7) is 5.63. The number of ether oxygens (including phenoxy) is 1. The summed E-state index contributed by atoms with van der Waals surface area (Å²) in [7, 11) is 0. The summed E-state index contributed by atoms with van der Waals surface area (Å²) in [6, 6.07) is 7.74. The summed E-state index contributed by atoms with van der Waals surface area (Å²) in [5.74, 6) is 0.802. The zero-order valence-electron chi connectivity index (χ0n) is 11.7. The van der Waals surface area contributed by atoms with Crippen molar-refractivity contribution in [1.82, 2.24) is 10.3 Å². The Balaban J connectivity index is 1.91. The fraction of sp³-hybridized carbons (Fsp3) is 0.400. The summed E-state index contributed by atoms with van der Waals surface area (Å²) in [5.41, 5.74) is 1.08. The van der Waals surface area contributed by atoms with Crippen molar-refractivity contribution in [2.75, 3.05) is 13.2 Å². The summed E-state index contributed by atoms with van der Waals surface area (Å²) < 4.78 is 5.81. The molecule has 1 aromatic heterocycles. The van der Waals surface area contributed by atoms with Crippen molar-refractivity contribution in [3.63, 3.8) is 0 Å². The van der Waals surface area contributed by atoms with Crippen LogP contribution >= 0.6 is 22.9 Å². The predicted molar refractivity (Wildman–Crippen MR) is 85.0 cm³/mol. The van der Waals surface area contributed by atoms with Crippen molar-refractivity contribution in [3.05, 3.63) is 45.4 Å². The maximum atomic E-state index is 5.95. The highest BCUT2D eigenvalue weighted by molar-refractivity contribution is 7.09. The first-order chi connectivity index (χ1) is 9.67. The second-order valence-corrected chi connectivity index (χ2v) is 5.99. The Bertz CT molecular complexity index is 544. The minimum atomic E-state index is 0.254. The molecule has 0 aliphatic heterocycles. The molecule has 3 nitrogen and oxygen atoms in total. The summed E-state index contributed by atoms with van der Waals surface area (Å²) >= 11 is 7.65. The van der Waals surface area contributed by atoms with E-state index in [1.807, 2.05) is 31.2 Å². The largest absolute Gasteiger partial charge is 0.492 e. The molecule has 0 aliphatic carbocycles. The number of likely N-dealkylation sites (N-methyl/N-ethyl adjacent to an activating group) is 1. The minimum absolute atomic E-state index is 0.254. The van der Waals surface area contributed by atoms with Crippen molar-refractivity contribution in [3.8, 4) is 5.75 Å². The van der Waals surface area contributed by atoms with Crippen LogP contribution in [0.5, 0.6) is 5.75 Å². The Kier molecular flexibility index (Phi) is 5.83. The zero-order chi connectivity index (χ0) is 14.4. The minimum Gasteiger partial charge on any atom is -0.492 e. The van der Waals surface area contributed by atoms with E-state index in [0.717, 1.165) is 29.4 Å². The van der Waals surface area contributed by atoms with E-state index in [2.05, 4.69) is 22.6 Å². The molecule has 0 aliphatic rings. The van der Waals surface area contributed by atoms with Crippen LogP contribution in [0.3, 0.4) is 0 Å². The molecule has 0 fully saturated rings. The second kappa shape index (κ2) is 7.62. The van der Waals surface area contributed by atoms with Crippen LogP contribution in [0.1, 0.15) is 17.6 Å². The SMILES string of the molecule is CCNC(COc1cccc(Cl)c1)Cc1nc(C)cs1. The summed E-state index contributed by atoms with van der Waals surface area (Å²) in [6.07, 6.45) is 0.882. The number of nitrogens with one attached hydrogen (secondary N) is 1. The second-order valence-electron chi connectivity index (χ2n) is 4.61. The first-order valence-corrected chi connectivity index (χ1v) is 7.96. The molecule has 1 aromatic carbocycles. The van der Waals surface area contributed by atoms with Crippen LogP contribution in [0, 0.1) is 6.92 Å². The van der Waals surface area contributed by atoms with Gasteiger partial charge >= 0.3 is 0 Å². The molecule has 1 heterocycles. The lowest BCUT2D eigenvalue weighted by atomic mass is 10.2. The highest BCUT2D eigenvalue weighted by atomic mass is 35.5. The first kappa shape index (κ1) is 15.3. The lowest BCUT2D eigenvalue weighted by Gasteiger charge is -2.17. The van der Waals surface area contributed by atoms with Crippen molar-refractivity contribution in [1.29, 1.82) is 0 Å². The van der Waals surface area contributed by atoms with Crippen LogP contribution in [0.25, 0.3) is 0 Å². The topological polar surface area (TPSA) is 34.1 Å². The first-order valence-electron chi connectivity index (χ1n) is 6.70. The zero-order valence-corrected chi connectivity index (χ0v) is 13.3. The summed E-state index contributed by atoms with van der Waals surface area (Å²) in [4.78, 5) is 4.50. The van der Waals surface area contributed by atoms with Gasteiger partial charge in [-0.25, -0.2) is 4.98 Å². The molecule has 0 saturated carbocycles. The van der Waals surface area contributed by atoms with Gasteiger partial charge in [0, 0.05) is 28.6 Å². The van der Waals surface area contributed by atoms with Gasteiger partial charge in [-0.3, -0.25) is 0 Å². The van der Waals surface area contributed by atoms with E-state index < -0.39 is 0 Å². The van der Waals surface area contributed by atoms with Gasteiger partial charge in [0.2, 0.25) is 0 Å². The fourth-order valence-electron chi connectivity index (χ4n) is 1.94. The van der Waals surface area contributed by atoms with Gasteiger partial charge in [-0.15, -0.1) is 11.3 Å². The van der Waals surface area contributed by atoms with E-state index in [0.29, 0.717) is 11.6 Å². The third-order valence-corrected chi connectivity index (χ3v) is 4.05.